The minimum atomic E-state index is -0.324. The van der Waals surface area contributed by atoms with Gasteiger partial charge in [0, 0.05) is 17.5 Å². The summed E-state index contributed by atoms with van der Waals surface area (Å²) in [7, 11) is 1.92. The summed E-state index contributed by atoms with van der Waals surface area (Å²) in [6.45, 7) is 5.47. The zero-order valence-corrected chi connectivity index (χ0v) is 11.6. The van der Waals surface area contributed by atoms with E-state index < -0.39 is 0 Å². The monoisotopic (exact) mass is 261 g/mol. The van der Waals surface area contributed by atoms with Crippen molar-refractivity contribution in [3.63, 3.8) is 0 Å². The van der Waals surface area contributed by atoms with Crippen LogP contribution < -0.4 is 15.7 Å². The molecule has 0 atom stereocenters. The summed E-state index contributed by atoms with van der Waals surface area (Å²) in [5.74, 6) is 0.775. The minimum Gasteiger partial charge on any atom is -0.493 e. The van der Waals surface area contributed by atoms with Gasteiger partial charge in [-0.3, -0.25) is 0 Å². The first kappa shape index (κ1) is 13.6. The van der Waals surface area contributed by atoms with E-state index in [2.05, 4.69) is 5.32 Å². The summed E-state index contributed by atoms with van der Waals surface area (Å²) in [5.41, 5.74) is 2.24. The fourth-order valence-electron chi connectivity index (χ4n) is 2.04. The molecule has 102 valence electrons. The van der Waals surface area contributed by atoms with Gasteiger partial charge in [-0.2, -0.15) is 0 Å². The second-order valence-corrected chi connectivity index (χ2v) is 4.67. The van der Waals surface area contributed by atoms with Crippen molar-refractivity contribution in [3.8, 4) is 5.75 Å². The maximum absolute atomic E-state index is 11.4. The SMILES string of the molecule is CNCCCOc1cc2oc(=O)cc(C)c2cc1C. The standard InChI is InChI=1S/C15H19NO3/c1-10-8-15(17)19-14-9-13(11(2)7-12(10)14)18-6-4-5-16-3/h7-9,16H,4-6H2,1-3H3. The van der Waals surface area contributed by atoms with Crippen molar-refractivity contribution in [2.45, 2.75) is 20.3 Å². The van der Waals surface area contributed by atoms with Gasteiger partial charge in [0.2, 0.25) is 0 Å². The Morgan fingerprint density at radius 3 is 2.74 bits per heavy atom. The summed E-state index contributed by atoms with van der Waals surface area (Å²) in [5, 5.41) is 4.03. The maximum Gasteiger partial charge on any atom is 0.336 e. The van der Waals surface area contributed by atoms with Crippen LogP contribution in [0.2, 0.25) is 0 Å². The Hall–Kier alpha value is -1.81. The molecule has 0 aliphatic heterocycles. The number of nitrogens with one attached hydrogen (secondary N) is 1. The third kappa shape index (κ3) is 3.15. The Bertz CT molecular complexity index is 631. The molecule has 4 nitrogen and oxygen atoms in total. The Kier molecular flexibility index (Phi) is 4.22. The Labute approximate surface area is 112 Å². The Balaban J connectivity index is 2.30. The van der Waals surface area contributed by atoms with Crippen LogP contribution in [0.4, 0.5) is 0 Å². The molecule has 0 radical (unpaired) electrons. The first-order chi connectivity index (χ1) is 9.11. The van der Waals surface area contributed by atoms with E-state index in [4.69, 9.17) is 9.15 Å². The summed E-state index contributed by atoms with van der Waals surface area (Å²) in [6.07, 6.45) is 0.936. The quantitative estimate of drug-likeness (QED) is 0.663. The molecule has 0 fully saturated rings. The van der Waals surface area contributed by atoms with E-state index >= 15 is 0 Å². The van der Waals surface area contributed by atoms with Crippen LogP contribution in [0, 0.1) is 13.8 Å². The van der Waals surface area contributed by atoms with Gasteiger partial charge in [0.05, 0.1) is 6.61 Å². The molecule has 0 saturated heterocycles. The first-order valence-electron chi connectivity index (χ1n) is 6.44. The summed E-state index contributed by atoms with van der Waals surface area (Å²) in [4.78, 5) is 11.4. The second kappa shape index (κ2) is 5.89. The molecule has 0 aliphatic carbocycles. The summed E-state index contributed by atoms with van der Waals surface area (Å²) in [6, 6.07) is 5.31. The van der Waals surface area contributed by atoms with Crippen molar-refractivity contribution < 1.29 is 9.15 Å². The normalized spacial score (nSPS) is 10.9. The molecule has 4 heteroatoms. The van der Waals surface area contributed by atoms with E-state index in [1.807, 2.05) is 27.0 Å². The van der Waals surface area contributed by atoms with Crippen molar-refractivity contribution in [1.82, 2.24) is 5.32 Å². The zero-order valence-electron chi connectivity index (χ0n) is 11.6. The molecule has 2 rings (SSSR count). The van der Waals surface area contributed by atoms with Crippen LogP contribution in [0.3, 0.4) is 0 Å². The number of ether oxygens (including phenoxy) is 1. The van der Waals surface area contributed by atoms with E-state index in [9.17, 15) is 4.79 Å². The zero-order chi connectivity index (χ0) is 13.8. The summed E-state index contributed by atoms with van der Waals surface area (Å²) < 4.78 is 10.9. The summed E-state index contributed by atoms with van der Waals surface area (Å²) >= 11 is 0. The lowest BCUT2D eigenvalue weighted by Gasteiger charge is -2.10. The van der Waals surface area contributed by atoms with Gasteiger partial charge in [-0.15, -0.1) is 0 Å². The number of rotatable bonds is 5. The third-order valence-corrected chi connectivity index (χ3v) is 3.08. The van der Waals surface area contributed by atoms with Crippen LogP contribution >= 0.6 is 0 Å². The Morgan fingerprint density at radius 2 is 2.00 bits per heavy atom. The minimum absolute atomic E-state index is 0.324. The van der Waals surface area contributed by atoms with Gasteiger partial charge >= 0.3 is 5.63 Å². The molecule has 0 saturated carbocycles. The van der Waals surface area contributed by atoms with Gasteiger partial charge in [-0.05, 0) is 51.1 Å². The van der Waals surface area contributed by atoms with Crippen LogP contribution in [0.25, 0.3) is 11.0 Å². The molecule has 1 heterocycles. The number of benzene rings is 1. The smallest absolute Gasteiger partial charge is 0.336 e. The van der Waals surface area contributed by atoms with E-state index in [-0.39, 0.29) is 5.63 Å². The van der Waals surface area contributed by atoms with Crippen LogP contribution in [0.1, 0.15) is 17.5 Å². The topological polar surface area (TPSA) is 51.5 Å². The molecule has 1 aromatic heterocycles. The number of hydrogen-bond donors (Lipinski definition) is 1. The van der Waals surface area contributed by atoms with Crippen LogP contribution in [-0.4, -0.2) is 20.2 Å². The van der Waals surface area contributed by atoms with Gasteiger partial charge in [0.25, 0.3) is 0 Å². The second-order valence-electron chi connectivity index (χ2n) is 4.67. The highest BCUT2D eigenvalue weighted by Crippen LogP contribution is 2.26. The third-order valence-electron chi connectivity index (χ3n) is 3.08. The van der Waals surface area contributed by atoms with Crippen molar-refractivity contribution in [2.75, 3.05) is 20.2 Å². The molecule has 1 N–H and O–H groups in total. The average molecular weight is 261 g/mol. The number of aryl methyl sites for hydroxylation is 2. The molecular weight excluding hydrogens is 242 g/mol. The lowest BCUT2D eigenvalue weighted by Crippen LogP contribution is -2.11. The molecule has 0 amide bonds. The Morgan fingerprint density at radius 1 is 1.21 bits per heavy atom. The molecule has 0 bridgehead atoms. The van der Waals surface area contributed by atoms with Gasteiger partial charge in [0.15, 0.2) is 0 Å². The lowest BCUT2D eigenvalue weighted by atomic mass is 10.1. The number of hydrogen-bond acceptors (Lipinski definition) is 4. The van der Waals surface area contributed by atoms with Crippen molar-refractivity contribution in [2.24, 2.45) is 0 Å². The van der Waals surface area contributed by atoms with Crippen LogP contribution in [0.5, 0.6) is 5.75 Å². The first-order valence-corrected chi connectivity index (χ1v) is 6.44. The van der Waals surface area contributed by atoms with E-state index in [0.717, 1.165) is 35.2 Å². The number of fused-ring (bicyclic) bond motifs is 1. The van der Waals surface area contributed by atoms with Crippen molar-refractivity contribution in [1.29, 1.82) is 0 Å². The maximum atomic E-state index is 11.4. The van der Waals surface area contributed by atoms with E-state index in [1.165, 1.54) is 6.07 Å². The van der Waals surface area contributed by atoms with Crippen LogP contribution in [0.15, 0.2) is 27.4 Å². The average Bonchev–Trinajstić information content (AvgIpc) is 2.36. The van der Waals surface area contributed by atoms with Crippen molar-refractivity contribution in [3.05, 3.63) is 39.7 Å². The van der Waals surface area contributed by atoms with Gasteiger partial charge in [0.1, 0.15) is 11.3 Å². The predicted octanol–water partition coefficient (Wildman–Crippen LogP) is 2.40. The fraction of sp³-hybridized carbons (Fsp3) is 0.400. The fourth-order valence-corrected chi connectivity index (χ4v) is 2.04. The van der Waals surface area contributed by atoms with Gasteiger partial charge < -0.3 is 14.5 Å². The van der Waals surface area contributed by atoms with Crippen molar-refractivity contribution >= 4 is 11.0 Å². The molecule has 19 heavy (non-hydrogen) atoms. The highest BCUT2D eigenvalue weighted by atomic mass is 16.5. The van der Waals surface area contributed by atoms with Crippen LogP contribution in [-0.2, 0) is 0 Å². The van der Waals surface area contributed by atoms with Gasteiger partial charge in [-0.1, -0.05) is 0 Å². The molecule has 0 unspecified atom stereocenters. The molecule has 0 spiro atoms. The van der Waals surface area contributed by atoms with E-state index in [1.54, 1.807) is 6.07 Å². The molecular formula is C15H19NO3. The van der Waals surface area contributed by atoms with E-state index in [0.29, 0.717) is 12.2 Å². The molecule has 2 aromatic rings. The van der Waals surface area contributed by atoms with Gasteiger partial charge in [-0.25, -0.2) is 4.79 Å². The highest BCUT2D eigenvalue weighted by Gasteiger charge is 2.07. The largest absolute Gasteiger partial charge is 0.493 e. The molecule has 1 aromatic carbocycles. The highest BCUT2D eigenvalue weighted by molar-refractivity contribution is 5.82. The predicted molar refractivity (Wildman–Crippen MR) is 76.0 cm³/mol. The molecule has 0 aliphatic rings. The lowest BCUT2D eigenvalue weighted by molar-refractivity contribution is 0.308.